The summed E-state index contributed by atoms with van der Waals surface area (Å²) in [5.74, 6) is 1.49. The van der Waals surface area contributed by atoms with Crippen LogP contribution in [0.4, 0.5) is 0 Å². The Bertz CT molecular complexity index is 405. The van der Waals surface area contributed by atoms with Crippen LogP contribution >= 0.6 is 0 Å². The van der Waals surface area contributed by atoms with E-state index in [2.05, 4.69) is 19.2 Å². The van der Waals surface area contributed by atoms with Gasteiger partial charge in [0.25, 0.3) is 0 Å². The van der Waals surface area contributed by atoms with Gasteiger partial charge in [-0.15, -0.1) is 0 Å². The molecule has 1 rings (SSSR count). The van der Waals surface area contributed by atoms with E-state index in [-0.39, 0.29) is 12.1 Å². The molecule has 0 saturated carbocycles. The summed E-state index contributed by atoms with van der Waals surface area (Å²) in [6.07, 6.45) is 0.475. The van der Waals surface area contributed by atoms with Crippen LogP contribution in [0.25, 0.3) is 0 Å². The van der Waals surface area contributed by atoms with Crippen LogP contribution in [0.15, 0.2) is 12.1 Å². The molecule has 0 aliphatic carbocycles. The number of hydrogen-bond acceptors (Lipinski definition) is 4. The molecule has 19 heavy (non-hydrogen) atoms. The molecular weight excluding hydrogens is 242 g/mol. The van der Waals surface area contributed by atoms with Gasteiger partial charge in [-0.1, -0.05) is 0 Å². The average Bonchev–Trinajstić information content (AvgIpc) is 2.37. The predicted octanol–water partition coefficient (Wildman–Crippen LogP) is 2.43. The van der Waals surface area contributed by atoms with E-state index >= 15 is 0 Å². The first-order valence-corrected chi connectivity index (χ1v) is 6.63. The molecule has 0 bridgehead atoms. The highest BCUT2D eigenvalue weighted by Crippen LogP contribution is 2.32. The molecule has 0 heterocycles. The number of aryl methyl sites for hydroxylation is 1. The molecule has 0 radical (unpaired) electrons. The van der Waals surface area contributed by atoms with E-state index in [1.807, 2.05) is 12.1 Å². The summed E-state index contributed by atoms with van der Waals surface area (Å²) in [4.78, 5) is 0. The second-order valence-corrected chi connectivity index (χ2v) is 4.88. The van der Waals surface area contributed by atoms with Gasteiger partial charge in [-0.05, 0) is 57.0 Å². The van der Waals surface area contributed by atoms with Gasteiger partial charge in [0.05, 0.1) is 20.3 Å². The number of aliphatic hydroxyl groups is 1. The second kappa shape index (κ2) is 7.36. The molecule has 1 aromatic rings. The summed E-state index contributed by atoms with van der Waals surface area (Å²) in [7, 11) is 3.28. The van der Waals surface area contributed by atoms with Gasteiger partial charge in [0.1, 0.15) is 0 Å². The summed E-state index contributed by atoms with van der Waals surface area (Å²) >= 11 is 0. The Morgan fingerprint density at radius 3 is 2.26 bits per heavy atom. The van der Waals surface area contributed by atoms with E-state index in [4.69, 9.17) is 9.47 Å². The van der Waals surface area contributed by atoms with E-state index in [1.165, 1.54) is 5.56 Å². The molecule has 0 aliphatic rings. The van der Waals surface area contributed by atoms with Crippen LogP contribution in [0.2, 0.25) is 0 Å². The average molecular weight is 267 g/mol. The lowest BCUT2D eigenvalue weighted by atomic mass is 10.0. The lowest BCUT2D eigenvalue weighted by molar-refractivity contribution is 0.182. The lowest BCUT2D eigenvalue weighted by Gasteiger charge is -2.19. The first kappa shape index (κ1) is 15.8. The molecule has 0 aliphatic heterocycles. The van der Waals surface area contributed by atoms with Gasteiger partial charge < -0.3 is 19.9 Å². The van der Waals surface area contributed by atoms with Crippen molar-refractivity contribution in [1.29, 1.82) is 0 Å². The van der Waals surface area contributed by atoms with Crippen molar-refractivity contribution < 1.29 is 14.6 Å². The number of methoxy groups -OCH3 is 2. The quantitative estimate of drug-likeness (QED) is 0.796. The first-order valence-electron chi connectivity index (χ1n) is 6.63. The van der Waals surface area contributed by atoms with Gasteiger partial charge in [-0.25, -0.2) is 0 Å². The number of hydrogen-bond donors (Lipinski definition) is 2. The zero-order valence-corrected chi connectivity index (χ0v) is 12.5. The van der Waals surface area contributed by atoms with E-state index in [0.29, 0.717) is 0 Å². The molecule has 1 aromatic carbocycles. The van der Waals surface area contributed by atoms with Crippen LogP contribution in [0.5, 0.6) is 11.5 Å². The fraction of sp³-hybridized carbons (Fsp3) is 0.600. The van der Waals surface area contributed by atoms with Gasteiger partial charge in [0.15, 0.2) is 11.5 Å². The molecule has 4 heteroatoms. The number of nitrogens with one attached hydrogen (secondary N) is 1. The van der Waals surface area contributed by atoms with Crippen LogP contribution in [0.1, 0.15) is 37.4 Å². The third-order valence-corrected chi connectivity index (χ3v) is 3.25. The second-order valence-electron chi connectivity index (χ2n) is 4.88. The Labute approximate surface area is 115 Å². The first-order chi connectivity index (χ1) is 8.99. The third kappa shape index (κ3) is 4.40. The Morgan fingerprint density at radius 2 is 1.74 bits per heavy atom. The minimum absolute atomic E-state index is 0.207. The Kier molecular flexibility index (Phi) is 6.12. The standard InChI is InChI=1S/C15H25NO3/c1-10-8-14(18-4)15(19-5)9-13(10)12(3)16-7-6-11(2)17/h8-9,11-12,16-17H,6-7H2,1-5H3. The molecular formula is C15H25NO3. The topological polar surface area (TPSA) is 50.7 Å². The van der Waals surface area contributed by atoms with Crippen molar-refractivity contribution in [3.8, 4) is 11.5 Å². The molecule has 4 nitrogen and oxygen atoms in total. The number of rotatable bonds is 7. The van der Waals surface area contributed by atoms with Crippen LogP contribution in [-0.2, 0) is 0 Å². The summed E-state index contributed by atoms with van der Waals surface area (Å²) in [5, 5.41) is 12.7. The van der Waals surface area contributed by atoms with Gasteiger partial charge in [-0.2, -0.15) is 0 Å². The zero-order chi connectivity index (χ0) is 14.4. The molecule has 0 fully saturated rings. The van der Waals surface area contributed by atoms with Crippen LogP contribution < -0.4 is 14.8 Å². The summed E-state index contributed by atoms with van der Waals surface area (Å²) in [6.45, 7) is 6.75. The van der Waals surface area contributed by atoms with Crippen molar-refractivity contribution in [2.24, 2.45) is 0 Å². The minimum Gasteiger partial charge on any atom is -0.493 e. The Balaban J connectivity index is 2.81. The zero-order valence-electron chi connectivity index (χ0n) is 12.5. The van der Waals surface area contributed by atoms with Gasteiger partial charge >= 0.3 is 0 Å². The lowest BCUT2D eigenvalue weighted by Crippen LogP contribution is -2.23. The number of aliphatic hydroxyl groups excluding tert-OH is 1. The molecule has 2 N–H and O–H groups in total. The molecule has 0 aromatic heterocycles. The number of benzene rings is 1. The van der Waals surface area contributed by atoms with Gasteiger partial charge in [-0.3, -0.25) is 0 Å². The van der Waals surface area contributed by atoms with Crippen LogP contribution in [-0.4, -0.2) is 32.0 Å². The fourth-order valence-corrected chi connectivity index (χ4v) is 2.08. The molecule has 0 spiro atoms. The molecule has 2 atom stereocenters. The SMILES string of the molecule is COc1cc(C)c(C(C)NCCC(C)O)cc1OC. The number of ether oxygens (including phenoxy) is 2. The highest BCUT2D eigenvalue weighted by molar-refractivity contribution is 5.47. The molecule has 108 valence electrons. The molecule has 0 saturated heterocycles. The maximum Gasteiger partial charge on any atom is 0.161 e. The maximum absolute atomic E-state index is 9.26. The molecule has 0 amide bonds. The van der Waals surface area contributed by atoms with Crippen molar-refractivity contribution in [2.75, 3.05) is 20.8 Å². The van der Waals surface area contributed by atoms with E-state index in [0.717, 1.165) is 30.0 Å². The van der Waals surface area contributed by atoms with Crippen LogP contribution in [0, 0.1) is 6.92 Å². The van der Waals surface area contributed by atoms with Crippen molar-refractivity contribution >= 4 is 0 Å². The smallest absolute Gasteiger partial charge is 0.161 e. The summed E-state index contributed by atoms with van der Waals surface area (Å²) < 4.78 is 10.6. The normalized spacial score (nSPS) is 14.0. The highest BCUT2D eigenvalue weighted by atomic mass is 16.5. The van der Waals surface area contributed by atoms with Gasteiger partial charge in [0, 0.05) is 6.04 Å². The minimum atomic E-state index is -0.272. The van der Waals surface area contributed by atoms with Crippen molar-refractivity contribution in [1.82, 2.24) is 5.32 Å². The summed E-state index contributed by atoms with van der Waals surface area (Å²) in [6, 6.07) is 4.20. The third-order valence-electron chi connectivity index (χ3n) is 3.25. The van der Waals surface area contributed by atoms with E-state index < -0.39 is 0 Å². The van der Waals surface area contributed by atoms with Crippen LogP contribution in [0.3, 0.4) is 0 Å². The fourth-order valence-electron chi connectivity index (χ4n) is 2.08. The highest BCUT2D eigenvalue weighted by Gasteiger charge is 2.13. The van der Waals surface area contributed by atoms with Crippen molar-refractivity contribution in [2.45, 2.75) is 39.3 Å². The Hall–Kier alpha value is -1.26. The van der Waals surface area contributed by atoms with E-state index in [9.17, 15) is 5.11 Å². The Morgan fingerprint density at radius 1 is 1.16 bits per heavy atom. The summed E-state index contributed by atoms with van der Waals surface area (Å²) in [5.41, 5.74) is 2.35. The molecule has 2 unspecified atom stereocenters. The monoisotopic (exact) mass is 267 g/mol. The van der Waals surface area contributed by atoms with Crippen molar-refractivity contribution in [3.05, 3.63) is 23.3 Å². The maximum atomic E-state index is 9.26. The van der Waals surface area contributed by atoms with Gasteiger partial charge in [0.2, 0.25) is 0 Å². The largest absolute Gasteiger partial charge is 0.493 e. The van der Waals surface area contributed by atoms with E-state index in [1.54, 1.807) is 21.1 Å². The predicted molar refractivity (Wildman–Crippen MR) is 77.0 cm³/mol. The van der Waals surface area contributed by atoms with Crippen molar-refractivity contribution in [3.63, 3.8) is 0 Å².